The molecule has 0 aromatic carbocycles. The van der Waals surface area contributed by atoms with Gasteiger partial charge in [0.25, 0.3) is 5.56 Å². The second-order valence-electron chi connectivity index (χ2n) is 8.22. The molecule has 6 heteroatoms. The molecule has 1 aliphatic heterocycles. The van der Waals surface area contributed by atoms with Crippen LogP contribution in [-0.4, -0.2) is 31.0 Å². The van der Waals surface area contributed by atoms with E-state index in [-0.39, 0.29) is 5.56 Å². The highest BCUT2D eigenvalue weighted by Gasteiger charge is 2.21. The first-order valence-corrected chi connectivity index (χ1v) is 11.0. The smallest absolute Gasteiger partial charge is 0.253 e. The molecule has 0 fully saturated rings. The third-order valence-corrected chi connectivity index (χ3v) is 5.84. The first-order valence-electron chi connectivity index (χ1n) is 11.0. The molecule has 3 aromatic rings. The predicted octanol–water partition coefficient (Wildman–Crippen LogP) is 4.30. The molecule has 164 valence electrons. The Labute approximate surface area is 189 Å². The maximum atomic E-state index is 12.2. The summed E-state index contributed by atoms with van der Waals surface area (Å²) in [5.41, 5.74) is 7.62. The highest BCUT2D eigenvalue weighted by atomic mass is 16.1. The van der Waals surface area contributed by atoms with E-state index in [4.69, 9.17) is 4.98 Å². The Morgan fingerprint density at radius 3 is 2.72 bits per heavy atom. The molecule has 0 amide bonds. The lowest BCUT2D eigenvalue weighted by molar-refractivity contribution is 0.324. The van der Waals surface area contributed by atoms with Crippen molar-refractivity contribution in [3.8, 4) is 11.1 Å². The van der Waals surface area contributed by atoms with Crippen molar-refractivity contribution in [3.05, 3.63) is 93.3 Å². The van der Waals surface area contributed by atoms with E-state index in [2.05, 4.69) is 40.9 Å². The van der Waals surface area contributed by atoms with Crippen LogP contribution < -0.4 is 5.56 Å². The van der Waals surface area contributed by atoms with Crippen LogP contribution in [0, 0.1) is 6.92 Å². The fourth-order valence-corrected chi connectivity index (χ4v) is 4.14. The molecule has 4 rings (SSSR count). The lowest BCUT2D eigenvalue weighted by Gasteiger charge is -2.33. The fraction of sp³-hybridized carbons (Fsp3) is 0.308. The minimum Gasteiger partial charge on any atom is -0.367 e. The van der Waals surface area contributed by atoms with Gasteiger partial charge in [-0.25, -0.2) is 4.98 Å². The number of rotatable bonds is 5. The van der Waals surface area contributed by atoms with Crippen molar-refractivity contribution in [2.45, 2.75) is 40.2 Å². The van der Waals surface area contributed by atoms with Crippen LogP contribution >= 0.6 is 0 Å². The summed E-state index contributed by atoms with van der Waals surface area (Å²) in [4.78, 5) is 28.0. The van der Waals surface area contributed by atoms with E-state index in [1.165, 1.54) is 17.0 Å². The normalized spacial score (nSPS) is 14.4. The number of fused-ring (bicyclic) bond motifs is 1. The molecule has 32 heavy (non-hydrogen) atoms. The van der Waals surface area contributed by atoms with Gasteiger partial charge in [-0.3, -0.25) is 19.3 Å². The van der Waals surface area contributed by atoms with E-state index in [9.17, 15) is 4.79 Å². The number of hydrogen-bond acceptors (Lipinski definition) is 5. The summed E-state index contributed by atoms with van der Waals surface area (Å²) in [7, 11) is 1.76. The summed E-state index contributed by atoms with van der Waals surface area (Å²) in [6.07, 6.45) is 11.7. The van der Waals surface area contributed by atoms with E-state index >= 15 is 0 Å². The van der Waals surface area contributed by atoms with E-state index in [1.807, 2.05) is 43.7 Å². The van der Waals surface area contributed by atoms with Gasteiger partial charge in [0.2, 0.25) is 0 Å². The van der Waals surface area contributed by atoms with Gasteiger partial charge >= 0.3 is 0 Å². The van der Waals surface area contributed by atoms with Crippen LogP contribution in [-0.2, 0) is 20.0 Å². The van der Waals surface area contributed by atoms with Crippen molar-refractivity contribution in [2.24, 2.45) is 7.05 Å². The summed E-state index contributed by atoms with van der Waals surface area (Å²) < 4.78 is 1.59. The maximum absolute atomic E-state index is 12.2. The van der Waals surface area contributed by atoms with Gasteiger partial charge in [0, 0.05) is 73.9 Å². The lowest BCUT2D eigenvalue weighted by Crippen LogP contribution is -2.31. The monoisotopic (exact) mass is 427 g/mol. The summed E-state index contributed by atoms with van der Waals surface area (Å²) in [6.45, 7) is 7.81. The van der Waals surface area contributed by atoms with Crippen molar-refractivity contribution in [1.29, 1.82) is 0 Å². The molecule has 0 bridgehead atoms. The summed E-state index contributed by atoms with van der Waals surface area (Å²) in [5.74, 6) is 0.675. The van der Waals surface area contributed by atoms with E-state index < -0.39 is 0 Å². The average molecular weight is 428 g/mol. The molecule has 1 aliphatic rings. The number of hydrogen-bond donors (Lipinski definition) is 0. The van der Waals surface area contributed by atoms with Gasteiger partial charge in [-0.1, -0.05) is 13.0 Å². The van der Waals surface area contributed by atoms with Crippen LogP contribution in [0.2, 0.25) is 0 Å². The molecular weight excluding hydrogens is 398 g/mol. The first-order chi connectivity index (χ1) is 15.5. The number of nitrogens with zero attached hydrogens (tertiary/aromatic N) is 5. The second kappa shape index (κ2) is 9.30. The Morgan fingerprint density at radius 1 is 1.19 bits per heavy atom. The van der Waals surface area contributed by atoms with Crippen LogP contribution in [0.25, 0.3) is 17.2 Å². The van der Waals surface area contributed by atoms with Gasteiger partial charge in [-0.05, 0) is 61.2 Å². The lowest BCUT2D eigenvalue weighted by atomic mass is 9.99. The summed E-state index contributed by atoms with van der Waals surface area (Å²) in [5, 5.41) is 0. The summed E-state index contributed by atoms with van der Waals surface area (Å²) in [6, 6.07) is 7.83. The van der Waals surface area contributed by atoms with Crippen molar-refractivity contribution < 1.29 is 0 Å². The minimum atomic E-state index is -0.0424. The zero-order valence-electron chi connectivity index (χ0n) is 19.2. The highest BCUT2D eigenvalue weighted by Crippen LogP contribution is 2.28. The maximum Gasteiger partial charge on any atom is 0.253 e. The molecule has 3 aromatic heterocycles. The van der Waals surface area contributed by atoms with Crippen molar-refractivity contribution >= 4 is 6.08 Å². The molecule has 0 saturated carbocycles. The van der Waals surface area contributed by atoms with Crippen LogP contribution in [0.3, 0.4) is 0 Å². The summed E-state index contributed by atoms with van der Waals surface area (Å²) >= 11 is 0. The molecule has 0 aliphatic carbocycles. The fourth-order valence-electron chi connectivity index (χ4n) is 4.14. The molecule has 4 heterocycles. The zero-order chi connectivity index (χ0) is 22.7. The Bertz CT molecular complexity index is 1240. The molecule has 0 unspecified atom stereocenters. The average Bonchev–Trinajstić information content (AvgIpc) is 2.80. The minimum absolute atomic E-state index is 0.0424. The van der Waals surface area contributed by atoms with Gasteiger partial charge in [0.1, 0.15) is 5.82 Å². The van der Waals surface area contributed by atoms with E-state index in [0.717, 1.165) is 48.3 Å². The third kappa shape index (κ3) is 4.54. The molecule has 6 nitrogen and oxygen atoms in total. The molecule has 0 radical (unpaired) electrons. The first kappa shape index (κ1) is 21.7. The van der Waals surface area contributed by atoms with Crippen LogP contribution in [0.1, 0.15) is 43.0 Å². The molecule has 0 saturated heterocycles. The van der Waals surface area contributed by atoms with Gasteiger partial charge in [0.05, 0.1) is 0 Å². The predicted molar refractivity (Wildman–Crippen MR) is 128 cm³/mol. The highest BCUT2D eigenvalue weighted by molar-refractivity contribution is 5.63. The van der Waals surface area contributed by atoms with E-state index in [1.54, 1.807) is 17.7 Å². The molecule has 0 N–H and O–H groups in total. The Morgan fingerprint density at radius 2 is 1.97 bits per heavy atom. The standard InChI is InChI=1S/C26H29N5O/c1-5-6-24(18(2)13-25-29-19(3)14-26(32)30(25)4)31-12-9-23-22(17-31)15-21(16-28-23)20-7-10-27-11-8-20/h6-8,10-11,13-16H,5,9,12,17H2,1-4H3/b18-13-,24-6-. The zero-order valence-corrected chi connectivity index (χ0v) is 19.2. The molecule has 0 spiro atoms. The third-order valence-electron chi connectivity index (χ3n) is 5.84. The largest absolute Gasteiger partial charge is 0.367 e. The number of aryl methyl sites for hydroxylation is 1. The molecular formula is C26H29N5O. The number of pyridine rings is 2. The van der Waals surface area contributed by atoms with Gasteiger partial charge in [-0.15, -0.1) is 0 Å². The van der Waals surface area contributed by atoms with Crippen LogP contribution in [0.5, 0.6) is 0 Å². The second-order valence-corrected chi connectivity index (χ2v) is 8.22. The van der Waals surface area contributed by atoms with Crippen molar-refractivity contribution in [2.75, 3.05) is 6.54 Å². The van der Waals surface area contributed by atoms with Crippen LogP contribution in [0.15, 0.2) is 65.0 Å². The van der Waals surface area contributed by atoms with Gasteiger partial charge in [-0.2, -0.15) is 0 Å². The number of aromatic nitrogens is 4. The van der Waals surface area contributed by atoms with Crippen LogP contribution in [0.4, 0.5) is 0 Å². The Hall–Kier alpha value is -3.54. The van der Waals surface area contributed by atoms with Gasteiger partial charge in [0.15, 0.2) is 0 Å². The topological polar surface area (TPSA) is 63.9 Å². The van der Waals surface area contributed by atoms with Crippen molar-refractivity contribution in [3.63, 3.8) is 0 Å². The van der Waals surface area contributed by atoms with E-state index in [0.29, 0.717) is 5.82 Å². The van der Waals surface area contributed by atoms with Gasteiger partial charge < -0.3 is 4.90 Å². The van der Waals surface area contributed by atoms with Crippen molar-refractivity contribution in [1.82, 2.24) is 24.4 Å². The molecule has 0 atom stereocenters. The Balaban J connectivity index is 1.65. The number of allylic oxidation sites excluding steroid dienone is 2. The quantitative estimate of drug-likeness (QED) is 0.568. The SMILES string of the molecule is CC/C=C(/C(C)=C\c1nc(C)cc(=O)n1C)N1CCc2ncc(-c3ccncc3)cc2C1. The Kier molecular flexibility index (Phi) is 6.30.